The third-order valence-electron chi connectivity index (χ3n) is 5.16. The van der Waals surface area contributed by atoms with Crippen LogP contribution in [0.25, 0.3) is 0 Å². The first-order valence-electron chi connectivity index (χ1n) is 8.49. The van der Waals surface area contributed by atoms with Crippen molar-refractivity contribution in [2.45, 2.75) is 57.5 Å². The maximum atomic E-state index is 12.4. The van der Waals surface area contributed by atoms with Crippen LogP contribution < -0.4 is 10.6 Å². The van der Waals surface area contributed by atoms with Gasteiger partial charge in [-0.2, -0.15) is 0 Å². The van der Waals surface area contributed by atoms with Crippen molar-refractivity contribution in [3.63, 3.8) is 0 Å². The van der Waals surface area contributed by atoms with Gasteiger partial charge in [-0.1, -0.05) is 31.4 Å². The highest BCUT2D eigenvalue weighted by atomic mass is 16.2. The summed E-state index contributed by atoms with van der Waals surface area (Å²) in [6, 6.07) is 8.72. The van der Waals surface area contributed by atoms with Gasteiger partial charge in [-0.25, -0.2) is 4.79 Å². The number of nitrogens with zero attached hydrogens (tertiary/aromatic N) is 2. The summed E-state index contributed by atoms with van der Waals surface area (Å²) in [4.78, 5) is 16.2. The fourth-order valence-electron chi connectivity index (χ4n) is 3.72. The number of carbonyl (C=O) groups excluding carboxylic acids is 1. The van der Waals surface area contributed by atoms with Crippen molar-refractivity contribution in [1.29, 1.82) is 0 Å². The Morgan fingerprint density at radius 1 is 1.05 bits per heavy atom. The van der Waals surface area contributed by atoms with Gasteiger partial charge in [-0.3, -0.25) is 4.90 Å². The van der Waals surface area contributed by atoms with E-state index in [0.717, 1.165) is 31.6 Å². The van der Waals surface area contributed by atoms with Gasteiger partial charge in [0.2, 0.25) is 0 Å². The topological polar surface area (TPSA) is 49.6 Å². The van der Waals surface area contributed by atoms with Crippen LogP contribution in [-0.4, -0.2) is 30.1 Å². The maximum Gasteiger partial charge on any atom is 0.324 e. The summed E-state index contributed by atoms with van der Waals surface area (Å²) in [5, 5.41) is 0. The van der Waals surface area contributed by atoms with Gasteiger partial charge in [0, 0.05) is 30.4 Å². The van der Waals surface area contributed by atoms with Gasteiger partial charge in [0.15, 0.2) is 0 Å². The zero-order valence-corrected chi connectivity index (χ0v) is 13.7. The molecule has 3 rings (SSSR count). The van der Waals surface area contributed by atoms with Gasteiger partial charge in [0.25, 0.3) is 0 Å². The third kappa shape index (κ3) is 2.72. The molecular formula is C18H27N3O. The van der Waals surface area contributed by atoms with Crippen LogP contribution in [0.4, 0.5) is 10.5 Å². The molecule has 0 bridgehead atoms. The van der Waals surface area contributed by atoms with Crippen LogP contribution in [0.3, 0.4) is 0 Å². The molecule has 2 amide bonds. The molecule has 0 atom stereocenters. The summed E-state index contributed by atoms with van der Waals surface area (Å²) in [6.45, 7) is 5.70. The Morgan fingerprint density at radius 3 is 2.23 bits per heavy atom. The molecule has 1 aromatic rings. The second-order valence-corrected chi connectivity index (χ2v) is 6.99. The van der Waals surface area contributed by atoms with E-state index in [1.54, 1.807) is 0 Å². The number of rotatable bonds is 3. The molecular weight excluding hydrogens is 274 g/mol. The normalized spacial score (nSPS) is 21.7. The van der Waals surface area contributed by atoms with Crippen molar-refractivity contribution in [2.24, 2.45) is 5.73 Å². The minimum atomic E-state index is -0.171. The van der Waals surface area contributed by atoms with Gasteiger partial charge < -0.3 is 10.6 Å². The van der Waals surface area contributed by atoms with E-state index in [9.17, 15) is 4.79 Å². The smallest absolute Gasteiger partial charge is 0.321 e. The number of anilines is 1. The standard InChI is InChI=1S/C18H27N3O/c1-14(2)20-12-13-21(17(20)22)16-8-6-15(7-9-16)18(19)10-4-3-5-11-18/h6-9,14H,3-5,10-13,19H2,1-2H3. The molecule has 1 aliphatic carbocycles. The monoisotopic (exact) mass is 301 g/mol. The molecule has 1 heterocycles. The van der Waals surface area contributed by atoms with Crippen LogP contribution in [-0.2, 0) is 5.54 Å². The van der Waals surface area contributed by atoms with E-state index in [-0.39, 0.29) is 17.6 Å². The van der Waals surface area contributed by atoms with Crippen LogP contribution in [0.5, 0.6) is 0 Å². The molecule has 1 saturated heterocycles. The molecule has 22 heavy (non-hydrogen) atoms. The lowest BCUT2D eigenvalue weighted by atomic mass is 9.77. The fraction of sp³-hybridized carbons (Fsp3) is 0.611. The van der Waals surface area contributed by atoms with Crippen LogP contribution in [0.15, 0.2) is 24.3 Å². The molecule has 120 valence electrons. The Labute approximate surface area is 133 Å². The van der Waals surface area contributed by atoms with Gasteiger partial charge >= 0.3 is 6.03 Å². The lowest BCUT2D eigenvalue weighted by Gasteiger charge is -2.34. The summed E-state index contributed by atoms with van der Waals surface area (Å²) < 4.78 is 0. The third-order valence-corrected chi connectivity index (χ3v) is 5.16. The summed E-state index contributed by atoms with van der Waals surface area (Å²) in [7, 11) is 0. The zero-order valence-electron chi connectivity index (χ0n) is 13.7. The van der Waals surface area contributed by atoms with Crippen LogP contribution in [0.1, 0.15) is 51.5 Å². The van der Waals surface area contributed by atoms with Gasteiger partial charge in [-0.15, -0.1) is 0 Å². The average Bonchev–Trinajstić information content (AvgIpc) is 2.90. The van der Waals surface area contributed by atoms with Gasteiger partial charge in [-0.05, 0) is 44.4 Å². The van der Waals surface area contributed by atoms with Crippen molar-refractivity contribution in [1.82, 2.24) is 4.90 Å². The van der Waals surface area contributed by atoms with E-state index in [2.05, 4.69) is 38.1 Å². The Bertz CT molecular complexity index is 532. The summed E-state index contributed by atoms with van der Waals surface area (Å²) in [5.41, 5.74) is 8.61. The predicted molar refractivity (Wildman–Crippen MR) is 90.0 cm³/mol. The van der Waals surface area contributed by atoms with Gasteiger partial charge in [0.1, 0.15) is 0 Å². The van der Waals surface area contributed by atoms with Crippen molar-refractivity contribution < 1.29 is 4.79 Å². The zero-order chi connectivity index (χ0) is 15.7. The van der Waals surface area contributed by atoms with Crippen LogP contribution >= 0.6 is 0 Å². The minimum Gasteiger partial charge on any atom is -0.321 e. The Hall–Kier alpha value is -1.55. The van der Waals surface area contributed by atoms with E-state index < -0.39 is 0 Å². The number of urea groups is 1. The molecule has 4 nitrogen and oxygen atoms in total. The SMILES string of the molecule is CC(C)N1CCN(c2ccc(C3(N)CCCCC3)cc2)C1=O. The van der Waals surface area contributed by atoms with Gasteiger partial charge in [0.05, 0.1) is 0 Å². The maximum absolute atomic E-state index is 12.4. The molecule has 1 saturated carbocycles. The molecule has 4 heteroatoms. The Kier molecular flexibility index (Phi) is 4.13. The number of hydrogen-bond donors (Lipinski definition) is 1. The molecule has 0 spiro atoms. The van der Waals surface area contributed by atoms with E-state index in [1.807, 2.05) is 9.80 Å². The number of amides is 2. The number of hydrogen-bond acceptors (Lipinski definition) is 2. The Morgan fingerprint density at radius 2 is 1.68 bits per heavy atom. The van der Waals surface area contributed by atoms with E-state index in [0.29, 0.717) is 0 Å². The van der Waals surface area contributed by atoms with Crippen molar-refractivity contribution in [3.05, 3.63) is 29.8 Å². The first kappa shape index (κ1) is 15.3. The first-order chi connectivity index (χ1) is 10.5. The molecule has 2 N–H and O–H groups in total. The molecule has 0 radical (unpaired) electrons. The van der Waals surface area contributed by atoms with Crippen LogP contribution in [0.2, 0.25) is 0 Å². The van der Waals surface area contributed by atoms with Crippen molar-refractivity contribution >= 4 is 11.7 Å². The second kappa shape index (κ2) is 5.92. The highest BCUT2D eigenvalue weighted by Gasteiger charge is 2.32. The summed E-state index contributed by atoms with van der Waals surface area (Å²) in [6.07, 6.45) is 5.86. The highest BCUT2D eigenvalue weighted by Crippen LogP contribution is 2.35. The van der Waals surface area contributed by atoms with E-state index in [1.165, 1.54) is 24.8 Å². The number of benzene rings is 1. The van der Waals surface area contributed by atoms with E-state index >= 15 is 0 Å². The Balaban J connectivity index is 1.76. The lowest BCUT2D eigenvalue weighted by molar-refractivity contribution is 0.209. The molecule has 0 unspecified atom stereocenters. The number of carbonyl (C=O) groups is 1. The predicted octanol–water partition coefficient (Wildman–Crippen LogP) is 3.46. The molecule has 2 fully saturated rings. The van der Waals surface area contributed by atoms with Crippen molar-refractivity contribution in [3.8, 4) is 0 Å². The van der Waals surface area contributed by atoms with E-state index in [4.69, 9.17) is 5.73 Å². The number of nitrogens with two attached hydrogens (primary N) is 1. The highest BCUT2D eigenvalue weighted by molar-refractivity contribution is 5.94. The largest absolute Gasteiger partial charge is 0.324 e. The molecule has 1 aliphatic heterocycles. The first-order valence-corrected chi connectivity index (χ1v) is 8.49. The molecule has 2 aliphatic rings. The summed E-state index contributed by atoms with van der Waals surface area (Å²) >= 11 is 0. The summed E-state index contributed by atoms with van der Waals surface area (Å²) in [5.74, 6) is 0. The second-order valence-electron chi connectivity index (χ2n) is 6.99. The molecule has 1 aromatic carbocycles. The van der Waals surface area contributed by atoms with Crippen LogP contribution in [0, 0.1) is 0 Å². The average molecular weight is 301 g/mol. The molecule has 0 aromatic heterocycles. The minimum absolute atomic E-state index is 0.114. The fourth-order valence-corrected chi connectivity index (χ4v) is 3.72. The lowest BCUT2D eigenvalue weighted by Crippen LogP contribution is -2.38. The van der Waals surface area contributed by atoms with Crippen molar-refractivity contribution in [2.75, 3.05) is 18.0 Å². The quantitative estimate of drug-likeness (QED) is 0.929.